The van der Waals surface area contributed by atoms with Gasteiger partial charge in [0.05, 0.1) is 36.7 Å². The van der Waals surface area contributed by atoms with E-state index in [4.69, 9.17) is 27.9 Å². The summed E-state index contributed by atoms with van der Waals surface area (Å²) in [6.07, 6.45) is 1.69. The van der Waals surface area contributed by atoms with Gasteiger partial charge in [-0.1, -0.05) is 41.9 Å². The van der Waals surface area contributed by atoms with Crippen molar-refractivity contribution in [3.63, 3.8) is 0 Å². The standard InChI is InChI=1S/C17H17Cl2N5O/c18-14(12-4-2-1-3-5-12)11-24-16-13(10-20-24)15(19)21-17(22-16)23-6-8-25-9-7-23/h1-5,10,14H,6-9,11H2. The molecule has 3 heterocycles. The molecule has 1 unspecified atom stereocenters. The molecule has 25 heavy (non-hydrogen) atoms. The lowest BCUT2D eigenvalue weighted by Crippen LogP contribution is -2.37. The molecule has 0 N–H and O–H groups in total. The van der Waals surface area contributed by atoms with Crippen molar-refractivity contribution in [2.75, 3.05) is 31.2 Å². The number of alkyl halides is 1. The highest BCUT2D eigenvalue weighted by molar-refractivity contribution is 6.34. The molecule has 1 aliphatic rings. The molecule has 0 amide bonds. The number of aromatic nitrogens is 4. The van der Waals surface area contributed by atoms with Gasteiger partial charge in [0.25, 0.3) is 0 Å². The van der Waals surface area contributed by atoms with Gasteiger partial charge in [-0.25, -0.2) is 9.67 Å². The number of halogens is 2. The number of hydrogen-bond acceptors (Lipinski definition) is 5. The van der Waals surface area contributed by atoms with Crippen molar-refractivity contribution < 1.29 is 4.74 Å². The van der Waals surface area contributed by atoms with Crippen molar-refractivity contribution >= 4 is 40.2 Å². The van der Waals surface area contributed by atoms with E-state index in [-0.39, 0.29) is 5.38 Å². The van der Waals surface area contributed by atoms with Crippen LogP contribution in [0.1, 0.15) is 10.9 Å². The van der Waals surface area contributed by atoms with Crippen molar-refractivity contribution in [2.45, 2.75) is 11.9 Å². The zero-order chi connectivity index (χ0) is 17.2. The fourth-order valence-corrected chi connectivity index (χ4v) is 3.35. The summed E-state index contributed by atoms with van der Waals surface area (Å²) in [5.41, 5.74) is 1.74. The Hall–Kier alpha value is -1.89. The normalized spacial score (nSPS) is 16.3. The summed E-state index contributed by atoms with van der Waals surface area (Å²) in [5.74, 6) is 0.605. The zero-order valence-corrected chi connectivity index (χ0v) is 15.0. The largest absolute Gasteiger partial charge is 0.378 e. The first-order valence-electron chi connectivity index (χ1n) is 8.13. The maximum atomic E-state index is 6.56. The molecular weight excluding hydrogens is 361 g/mol. The van der Waals surface area contributed by atoms with Crippen LogP contribution in [-0.2, 0) is 11.3 Å². The van der Waals surface area contributed by atoms with E-state index in [2.05, 4.69) is 20.0 Å². The van der Waals surface area contributed by atoms with E-state index in [0.717, 1.165) is 24.0 Å². The van der Waals surface area contributed by atoms with Gasteiger partial charge >= 0.3 is 0 Å². The van der Waals surface area contributed by atoms with Crippen LogP contribution in [0.4, 0.5) is 5.95 Å². The molecule has 2 aromatic heterocycles. The van der Waals surface area contributed by atoms with Crippen LogP contribution < -0.4 is 4.90 Å². The second-order valence-electron chi connectivity index (χ2n) is 5.86. The SMILES string of the molecule is Clc1nc(N2CCOCC2)nc2c1cnn2CC(Cl)c1ccccc1. The number of anilines is 1. The fraction of sp³-hybridized carbons (Fsp3) is 0.353. The predicted molar refractivity (Wildman–Crippen MR) is 98.4 cm³/mol. The van der Waals surface area contributed by atoms with Crippen LogP contribution in [0.5, 0.6) is 0 Å². The lowest BCUT2D eigenvalue weighted by molar-refractivity contribution is 0.122. The average molecular weight is 378 g/mol. The summed E-state index contributed by atoms with van der Waals surface area (Å²) in [7, 11) is 0. The lowest BCUT2D eigenvalue weighted by atomic mass is 10.1. The minimum absolute atomic E-state index is 0.204. The molecule has 1 aliphatic heterocycles. The number of fused-ring (bicyclic) bond motifs is 1. The molecule has 0 spiro atoms. The fourth-order valence-electron chi connectivity index (χ4n) is 2.87. The minimum atomic E-state index is -0.204. The summed E-state index contributed by atoms with van der Waals surface area (Å²) in [6, 6.07) is 9.93. The highest BCUT2D eigenvalue weighted by Crippen LogP contribution is 2.27. The molecule has 6 nitrogen and oxygen atoms in total. The Morgan fingerprint density at radius 1 is 1.12 bits per heavy atom. The Morgan fingerprint density at radius 3 is 2.64 bits per heavy atom. The second kappa shape index (κ2) is 7.15. The quantitative estimate of drug-likeness (QED) is 0.515. The van der Waals surface area contributed by atoms with Gasteiger partial charge in [0, 0.05) is 13.1 Å². The topological polar surface area (TPSA) is 56.1 Å². The summed E-state index contributed by atoms with van der Waals surface area (Å²) < 4.78 is 7.17. The highest BCUT2D eigenvalue weighted by Gasteiger charge is 2.19. The van der Waals surface area contributed by atoms with Gasteiger partial charge in [0.15, 0.2) is 5.65 Å². The van der Waals surface area contributed by atoms with Gasteiger partial charge in [-0.05, 0) is 5.56 Å². The first kappa shape index (κ1) is 16.6. The molecule has 1 fully saturated rings. The number of nitrogens with zero attached hydrogens (tertiary/aromatic N) is 5. The predicted octanol–water partition coefficient (Wildman–Crippen LogP) is 3.30. The minimum Gasteiger partial charge on any atom is -0.378 e. The Bertz CT molecular complexity index is 864. The van der Waals surface area contributed by atoms with Crippen LogP contribution in [0.3, 0.4) is 0 Å². The molecule has 0 bridgehead atoms. The summed E-state index contributed by atoms with van der Waals surface area (Å²) in [4.78, 5) is 11.2. The van der Waals surface area contributed by atoms with Crippen LogP contribution >= 0.6 is 23.2 Å². The van der Waals surface area contributed by atoms with Crippen molar-refractivity contribution in [2.24, 2.45) is 0 Å². The van der Waals surface area contributed by atoms with Crippen LogP contribution in [-0.4, -0.2) is 46.1 Å². The number of morpholine rings is 1. The molecule has 8 heteroatoms. The lowest BCUT2D eigenvalue weighted by Gasteiger charge is -2.26. The van der Waals surface area contributed by atoms with Crippen LogP contribution in [0.25, 0.3) is 11.0 Å². The maximum absolute atomic E-state index is 6.56. The van der Waals surface area contributed by atoms with Gasteiger partial charge < -0.3 is 9.64 Å². The Balaban J connectivity index is 1.66. The molecule has 1 aromatic carbocycles. The van der Waals surface area contributed by atoms with E-state index < -0.39 is 0 Å². The van der Waals surface area contributed by atoms with E-state index >= 15 is 0 Å². The smallest absolute Gasteiger partial charge is 0.229 e. The molecule has 130 valence electrons. The number of hydrogen-bond donors (Lipinski definition) is 0. The third-order valence-electron chi connectivity index (χ3n) is 4.23. The molecular formula is C17H17Cl2N5O. The van der Waals surface area contributed by atoms with Crippen molar-refractivity contribution in [3.05, 3.63) is 47.2 Å². The Kier molecular flexibility index (Phi) is 4.74. The highest BCUT2D eigenvalue weighted by atomic mass is 35.5. The van der Waals surface area contributed by atoms with E-state index in [1.54, 1.807) is 10.9 Å². The monoisotopic (exact) mass is 377 g/mol. The molecule has 0 radical (unpaired) electrons. The second-order valence-corrected chi connectivity index (χ2v) is 6.74. The van der Waals surface area contributed by atoms with Crippen LogP contribution in [0.2, 0.25) is 5.15 Å². The van der Waals surface area contributed by atoms with Crippen molar-refractivity contribution in [3.8, 4) is 0 Å². The molecule has 1 saturated heterocycles. The molecule has 1 atom stereocenters. The van der Waals surface area contributed by atoms with Gasteiger partial charge in [-0.3, -0.25) is 0 Å². The van der Waals surface area contributed by atoms with Gasteiger partial charge in [0.1, 0.15) is 5.15 Å². The van der Waals surface area contributed by atoms with E-state index in [1.165, 1.54) is 0 Å². The van der Waals surface area contributed by atoms with Crippen LogP contribution in [0, 0.1) is 0 Å². The van der Waals surface area contributed by atoms with E-state index in [9.17, 15) is 0 Å². The number of benzene rings is 1. The van der Waals surface area contributed by atoms with E-state index in [1.807, 2.05) is 30.3 Å². The first-order chi connectivity index (χ1) is 12.2. The van der Waals surface area contributed by atoms with Crippen LogP contribution in [0.15, 0.2) is 36.5 Å². The first-order valence-corrected chi connectivity index (χ1v) is 8.94. The zero-order valence-electron chi connectivity index (χ0n) is 13.5. The van der Waals surface area contributed by atoms with Gasteiger partial charge in [-0.15, -0.1) is 11.6 Å². The third-order valence-corrected chi connectivity index (χ3v) is 4.90. The van der Waals surface area contributed by atoms with Crippen molar-refractivity contribution in [1.29, 1.82) is 0 Å². The number of ether oxygens (including phenoxy) is 1. The maximum Gasteiger partial charge on any atom is 0.229 e. The third kappa shape index (κ3) is 3.42. The Morgan fingerprint density at radius 2 is 1.88 bits per heavy atom. The Labute approximate surface area is 155 Å². The molecule has 4 rings (SSSR count). The summed E-state index contributed by atoms with van der Waals surface area (Å²) >= 11 is 12.9. The summed E-state index contributed by atoms with van der Waals surface area (Å²) in [5, 5.41) is 5.34. The number of rotatable bonds is 4. The molecule has 0 aliphatic carbocycles. The molecule has 3 aromatic rings. The average Bonchev–Trinajstić information content (AvgIpc) is 3.06. The molecule has 0 saturated carbocycles. The van der Waals surface area contributed by atoms with Crippen molar-refractivity contribution in [1.82, 2.24) is 19.7 Å². The summed E-state index contributed by atoms with van der Waals surface area (Å²) in [6.45, 7) is 3.33. The van der Waals surface area contributed by atoms with Gasteiger partial charge in [0.2, 0.25) is 5.95 Å². The van der Waals surface area contributed by atoms with Gasteiger partial charge in [-0.2, -0.15) is 10.1 Å². The van der Waals surface area contributed by atoms with E-state index in [0.29, 0.717) is 36.5 Å².